The van der Waals surface area contributed by atoms with Crippen LogP contribution in [0, 0.1) is 13.8 Å². The molecule has 0 spiro atoms. The number of primary sulfonamides is 1. The van der Waals surface area contributed by atoms with E-state index in [0.29, 0.717) is 12.1 Å². The fourth-order valence-electron chi connectivity index (χ4n) is 3.03. The highest BCUT2D eigenvalue weighted by Crippen LogP contribution is 2.24. The standard InChI is InChI=1S/C19H22N4O3S/c1-4-18-21-15-7-5-6-8-17(15)23(18)11-19(24)22-16-10-14(27(20,25)26)9-12(2)13(16)3/h5-10H,4,11H2,1-3H3,(H,22,24)(H2,20,25,26). The average Bonchev–Trinajstić information content (AvgIpc) is 2.95. The highest BCUT2D eigenvalue weighted by atomic mass is 32.2. The van der Waals surface area contributed by atoms with Crippen LogP contribution < -0.4 is 10.5 Å². The van der Waals surface area contributed by atoms with Gasteiger partial charge in [-0.1, -0.05) is 19.1 Å². The molecule has 3 rings (SSSR count). The molecule has 1 heterocycles. The van der Waals surface area contributed by atoms with Gasteiger partial charge in [0, 0.05) is 12.1 Å². The Balaban J connectivity index is 1.92. The molecular formula is C19H22N4O3S. The number of aromatic nitrogens is 2. The van der Waals surface area contributed by atoms with Gasteiger partial charge in [0.25, 0.3) is 0 Å². The van der Waals surface area contributed by atoms with E-state index in [1.54, 1.807) is 6.92 Å². The molecule has 0 bridgehead atoms. The van der Waals surface area contributed by atoms with Crippen LogP contribution in [0.25, 0.3) is 11.0 Å². The summed E-state index contributed by atoms with van der Waals surface area (Å²) < 4.78 is 25.2. The number of nitrogens with two attached hydrogens (primary N) is 1. The predicted octanol–water partition coefficient (Wildman–Crippen LogP) is 2.50. The van der Waals surface area contributed by atoms with Gasteiger partial charge < -0.3 is 9.88 Å². The molecule has 0 fully saturated rings. The maximum atomic E-state index is 12.7. The minimum absolute atomic E-state index is 0.0248. The number of rotatable bonds is 5. The van der Waals surface area contributed by atoms with Crippen molar-refractivity contribution >= 4 is 32.7 Å². The Labute approximate surface area is 158 Å². The van der Waals surface area contributed by atoms with Crippen LogP contribution in [-0.4, -0.2) is 23.9 Å². The Hall–Kier alpha value is -2.71. The van der Waals surface area contributed by atoms with Crippen molar-refractivity contribution in [1.82, 2.24) is 9.55 Å². The van der Waals surface area contributed by atoms with Crippen molar-refractivity contribution in [2.75, 3.05) is 5.32 Å². The Morgan fingerprint density at radius 1 is 1.22 bits per heavy atom. The van der Waals surface area contributed by atoms with E-state index in [1.165, 1.54) is 12.1 Å². The molecule has 0 atom stereocenters. The largest absolute Gasteiger partial charge is 0.324 e. The van der Waals surface area contributed by atoms with E-state index in [-0.39, 0.29) is 17.3 Å². The van der Waals surface area contributed by atoms with Crippen molar-refractivity contribution in [2.24, 2.45) is 5.14 Å². The average molecular weight is 386 g/mol. The number of nitrogens with one attached hydrogen (secondary N) is 1. The van der Waals surface area contributed by atoms with E-state index in [2.05, 4.69) is 10.3 Å². The molecule has 3 N–H and O–H groups in total. The third kappa shape index (κ3) is 3.86. The van der Waals surface area contributed by atoms with Crippen molar-refractivity contribution in [1.29, 1.82) is 0 Å². The van der Waals surface area contributed by atoms with Gasteiger partial charge in [0.05, 0.1) is 15.9 Å². The van der Waals surface area contributed by atoms with Crippen molar-refractivity contribution < 1.29 is 13.2 Å². The number of sulfonamides is 1. The molecule has 0 aliphatic carbocycles. The minimum Gasteiger partial charge on any atom is -0.324 e. The predicted molar refractivity (Wildman–Crippen MR) is 105 cm³/mol. The van der Waals surface area contributed by atoms with Crippen LogP contribution in [0.3, 0.4) is 0 Å². The fraction of sp³-hybridized carbons (Fsp3) is 0.263. The summed E-state index contributed by atoms with van der Waals surface area (Å²) in [7, 11) is -3.86. The van der Waals surface area contributed by atoms with Crippen molar-refractivity contribution in [3.63, 3.8) is 0 Å². The van der Waals surface area contributed by atoms with Crippen LogP contribution >= 0.6 is 0 Å². The molecule has 0 saturated carbocycles. The molecule has 1 aromatic heterocycles. The van der Waals surface area contributed by atoms with Crippen LogP contribution in [0.15, 0.2) is 41.3 Å². The molecule has 2 aromatic carbocycles. The molecule has 27 heavy (non-hydrogen) atoms. The second kappa shape index (κ2) is 7.13. The van der Waals surface area contributed by atoms with E-state index < -0.39 is 10.0 Å². The van der Waals surface area contributed by atoms with Crippen molar-refractivity contribution in [2.45, 2.75) is 38.6 Å². The van der Waals surface area contributed by atoms with Crippen LogP contribution in [0.5, 0.6) is 0 Å². The van der Waals surface area contributed by atoms with Crippen LogP contribution in [0.2, 0.25) is 0 Å². The maximum absolute atomic E-state index is 12.7. The summed E-state index contributed by atoms with van der Waals surface area (Å²) in [6, 6.07) is 10.5. The van der Waals surface area contributed by atoms with Gasteiger partial charge in [0.1, 0.15) is 12.4 Å². The van der Waals surface area contributed by atoms with Crippen LogP contribution in [-0.2, 0) is 27.8 Å². The molecule has 0 saturated heterocycles. The Kier molecular flexibility index (Phi) is 5.03. The first-order valence-corrected chi connectivity index (χ1v) is 10.1. The Morgan fingerprint density at radius 3 is 2.59 bits per heavy atom. The highest BCUT2D eigenvalue weighted by Gasteiger charge is 2.16. The zero-order chi connectivity index (χ0) is 19.8. The number of carbonyl (C=O) groups excluding carboxylic acids is 1. The molecule has 8 heteroatoms. The molecule has 0 aliphatic rings. The van der Waals surface area contributed by atoms with Crippen LogP contribution in [0.4, 0.5) is 5.69 Å². The summed E-state index contributed by atoms with van der Waals surface area (Å²) in [5.41, 5.74) is 3.69. The van der Waals surface area contributed by atoms with Crippen molar-refractivity contribution in [3.8, 4) is 0 Å². The molecular weight excluding hydrogens is 364 g/mol. The van der Waals surface area contributed by atoms with Gasteiger partial charge in [-0.3, -0.25) is 4.79 Å². The summed E-state index contributed by atoms with van der Waals surface area (Å²) in [4.78, 5) is 17.2. The zero-order valence-corrected chi connectivity index (χ0v) is 16.3. The molecule has 0 aliphatic heterocycles. The fourth-order valence-corrected chi connectivity index (χ4v) is 3.65. The number of para-hydroxylation sites is 2. The Morgan fingerprint density at radius 2 is 1.93 bits per heavy atom. The lowest BCUT2D eigenvalue weighted by Gasteiger charge is -2.14. The lowest BCUT2D eigenvalue weighted by Crippen LogP contribution is -2.21. The number of hydrogen-bond acceptors (Lipinski definition) is 4. The topological polar surface area (TPSA) is 107 Å². The monoisotopic (exact) mass is 386 g/mol. The van der Waals surface area contributed by atoms with E-state index in [4.69, 9.17) is 5.14 Å². The number of aryl methyl sites for hydroxylation is 2. The number of amides is 1. The Bertz CT molecular complexity index is 1130. The first-order valence-electron chi connectivity index (χ1n) is 8.58. The molecule has 7 nitrogen and oxygen atoms in total. The summed E-state index contributed by atoms with van der Waals surface area (Å²) in [5, 5.41) is 8.04. The molecule has 142 valence electrons. The number of imidazole rings is 1. The van der Waals surface area contributed by atoms with E-state index in [9.17, 15) is 13.2 Å². The summed E-state index contributed by atoms with van der Waals surface area (Å²) >= 11 is 0. The second-order valence-electron chi connectivity index (χ2n) is 6.46. The maximum Gasteiger partial charge on any atom is 0.244 e. The molecule has 3 aromatic rings. The van der Waals surface area contributed by atoms with Gasteiger partial charge in [0.15, 0.2) is 0 Å². The number of benzene rings is 2. The van der Waals surface area contributed by atoms with Gasteiger partial charge in [-0.2, -0.15) is 0 Å². The third-order valence-electron chi connectivity index (χ3n) is 4.60. The van der Waals surface area contributed by atoms with Gasteiger partial charge in [-0.25, -0.2) is 18.5 Å². The highest BCUT2D eigenvalue weighted by molar-refractivity contribution is 7.89. The molecule has 1 amide bonds. The smallest absolute Gasteiger partial charge is 0.244 e. The van der Waals surface area contributed by atoms with Gasteiger partial charge in [0.2, 0.25) is 15.9 Å². The van der Waals surface area contributed by atoms with Gasteiger partial charge in [-0.05, 0) is 49.2 Å². The second-order valence-corrected chi connectivity index (χ2v) is 8.02. The number of carbonyl (C=O) groups is 1. The minimum atomic E-state index is -3.86. The van der Waals surface area contributed by atoms with E-state index >= 15 is 0 Å². The number of hydrogen-bond donors (Lipinski definition) is 2. The number of fused-ring (bicyclic) bond motifs is 1. The number of nitrogens with zero attached hydrogens (tertiary/aromatic N) is 2. The first kappa shape index (κ1) is 19.1. The van der Waals surface area contributed by atoms with Crippen molar-refractivity contribution in [3.05, 3.63) is 53.3 Å². The van der Waals surface area contributed by atoms with Gasteiger partial charge >= 0.3 is 0 Å². The molecule has 0 radical (unpaired) electrons. The number of anilines is 1. The third-order valence-corrected chi connectivity index (χ3v) is 5.49. The lowest BCUT2D eigenvalue weighted by atomic mass is 10.1. The van der Waals surface area contributed by atoms with E-state index in [1.807, 2.05) is 42.7 Å². The van der Waals surface area contributed by atoms with Gasteiger partial charge in [-0.15, -0.1) is 0 Å². The first-order chi connectivity index (χ1) is 12.7. The SMILES string of the molecule is CCc1nc2ccccc2n1CC(=O)Nc1cc(S(N)(=O)=O)cc(C)c1C. The quantitative estimate of drug-likeness (QED) is 0.702. The molecule has 0 unspecified atom stereocenters. The van der Waals surface area contributed by atoms with Crippen LogP contribution in [0.1, 0.15) is 23.9 Å². The lowest BCUT2D eigenvalue weighted by molar-refractivity contribution is -0.116. The normalized spacial score (nSPS) is 11.7. The summed E-state index contributed by atoms with van der Waals surface area (Å²) in [5.74, 6) is 0.555. The summed E-state index contributed by atoms with van der Waals surface area (Å²) in [6.07, 6.45) is 0.695. The summed E-state index contributed by atoms with van der Waals surface area (Å²) in [6.45, 7) is 5.67. The zero-order valence-electron chi connectivity index (χ0n) is 15.5. The van der Waals surface area contributed by atoms with E-state index in [0.717, 1.165) is 28.0 Å².